The van der Waals surface area contributed by atoms with Gasteiger partial charge < -0.3 is 29.4 Å². The fourth-order valence-electron chi connectivity index (χ4n) is 12.9. The number of benzene rings is 3. The van der Waals surface area contributed by atoms with Crippen LogP contribution in [0.3, 0.4) is 0 Å². The summed E-state index contributed by atoms with van der Waals surface area (Å²) in [7, 11) is 0. The van der Waals surface area contributed by atoms with Crippen molar-refractivity contribution in [1.82, 2.24) is 14.7 Å². The first-order chi connectivity index (χ1) is 24.0. The van der Waals surface area contributed by atoms with Gasteiger partial charge in [0.05, 0.1) is 22.6 Å². The van der Waals surface area contributed by atoms with Crippen LogP contribution >= 0.6 is 0 Å². The molecule has 0 amide bonds. The Bertz CT molecular complexity index is 2110. The van der Waals surface area contributed by atoms with Gasteiger partial charge in [-0.05, 0) is 88.1 Å². The summed E-state index contributed by atoms with van der Waals surface area (Å²) in [5.74, 6) is 1.00. The van der Waals surface area contributed by atoms with Crippen LogP contribution < -0.4 is 14.7 Å². The zero-order valence-electron chi connectivity index (χ0n) is 28.8. The van der Waals surface area contributed by atoms with E-state index in [4.69, 9.17) is 0 Å². The Balaban J connectivity index is 1.32. The highest BCUT2D eigenvalue weighted by Gasteiger charge is 2.81. The first-order valence-corrected chi connectivity index (χ1v) is 18.7. The fraction of sp³-hybridized carbons (Fsp3) is 0.395. The second-order valence-electron chi connectivity index (χ2n) is 16.2. The summed E-state index contributed by atoms with van der Waals surface area (Å²) in [6, 6.07) is 28.4. The van der Waals surface area contributed by atoms with Crippen LogP contribution in [0.2, 0.25) is 0 Å². The second kappa shape index (κ2) is 8.95. The lowest BCUT2D eigenvalue weighted by atomic mass is 9.44. The molecule has 0 saturated carbocycles. The van der Waals surface area contributed by atoms with Crippen molar-refractivity contribution in [3.8, 4) is 0 Å². The van der Waals surface area contributed by atoms with Gasteiger partial charge in [-0.1, -0.05) is 60.7 Å². The first kappa shape index (κ1) is 27.3. The zero-order chi connectivity index (χ0) is 32.4. The number of rotatable bonds is 0. The molecule has 7 atom stereocenters. The van der Waals surface area contributed by atoms with Gasteiger partial charge in [0.2, 0.25) is 0 Å². The minimum Gasteiger partial charge on any atom is -0.355 e. The van der Waals surface area contributed by atoms with Crippen LogP contribution in [0.1, 0.15) is 63.1 Å². The monoisotopic (exact) mass is 644 g/mol. The third-order valence-electron chi connectivity index (χ3n) is 14.4. The van der Waals surface area contributed by atoms with Crippen molar-refractivity contribution in [2.75, 3.05) is 27.8 Å². The quantitative estimate of drug-likeness (QED) is 0.245. The van der Waals surface area contributed by atoms with Crippen molar-refractivity contribution in [1.29, 1.82) is 0 Å². The van der Waals surface area contributed by atoms with Gasteiger partial charge in [-0.2, -0.15) is 0 Å². The van der Waals surface area contributed by atoms with Crippen LogP contribution in [0.5, 0.6) is 0 Å². The Labute approximate surface area is 289 Å². The molecule has 2 spiro atoms. The van der Waals surface area contributed by atoms with Gasteiger partial charge in [-0.25, -0.2) is 0 Å². The summed E-state index contributed by atoms with van der Waals surface area (Å²) in [4.78, 5) is 16.9. The van der Waals surface area contributed by atoms with E-state index in [0.29, 0.717) is 11.8 Å². The van der Waals surface area contributed by atoms with Gasteiger partial charge in [0.15, 0.2) is 0 Å². The largest absolute Gasteiger partial charge is 0.355 e. The van der Waals surface area contributed by atoms with Gasteiger partial charge in [0, 0.05) is 71.3 Å². The molecule has 6 nitrogen and oxygen atoms in total. The van der Waals surface area contributed by atoms with E-state index in [1.807, 2.05) is 0 Å². The van der Waals surface area contributed by atoms with Crippen LogP contribution in [0.25, 0.3) is 5.57 Å². The van der Waals surface area contributed by atoms with E-state index in [-0.39, 0.29) is 29.5 Å². The van der Waals surface area contributed by atoms with Gasteiger partial charge in [-0.3, -0.25) is 0 Å². The number of anilines is 3. The normalized spacial score (nSPS) is 36.3. The molecule has 3 aromatic carbocycles. The summed E-state index contributed by atoms with van der Waals surface area (Å²) < 4.78 is 0. The van der Waals surface area contributed by atoms with E-state index in [2.05, 4.69) is 148 Å². The Hall–Kier alpha value is -4.58. The summed E-state index contributed by atoms with van der Waals surface area (Å²) in [5.41, 5.74) is 13.8. The van der Waals surface area contributed by atoms with Gasteiger partial charge >= 0.3 is 0 Å². The van der Waals surface area contributed by atoms with Gasteiger partial charge in [0.1, 0.15) is 18.5 Å². The highest BCUT2D eigenvalue weighted by atomic mass is 15.6. The summed E-state index contributed by atoms with van der Waals surface area (Å²) in [5, 5.41) is 0. The average molecular weight is 645 g/mol. The molecule has 0 aliphatic carbocycles. The number of nitrogens with zero attached hydrogens (tertiary/aromatic N) is 6. The lowest BCUT2D eigenvalue weighted by Gasteiger charge is -2.77. The van der Waals surface area contributed by atoms with Crippen LogP contribution in [0.4, 0.5) is 17.1 Å². The third kappa shape index (κ3) is 2.89. The SMILES string of the molecule is CC1=CN2CCC3CCN4C=C(C)N5c6ccccc6C67C8C2N1c1ccccc1/C(=C/Cc1ccccc1N1C(C)=CN6C81)C7(CC3)C45. The number of hydrogen-bond donors (Lipinski definition) is 0. The second-order valence-corrected chi connectivity index (χ2v) is 16.2. The minimum atomic E-state index is -0.257. The fourth-order valence-corrected chi connectivity index (χ4v) is 12.9. The minimum absolute atomic E-state index is 0.198. The van der Waals surface area contributed by atoms with Gasteiger partial charge in [-0.15, -0.1) is 0 Å². The van der Waals surface area contributed by atoms with Crippen molar-refractivity contribution in [2.45, 2.75) is 76.9 Å². The summed E-state index contributed by atoms with van der Waals surface area (Å²) >= 11 is 0. The molecule has 49 heavy (non-hydrogen) atoms. The molecule has 7 unspecified atom stereocenters. The molecule has 7 bridgehead atoms. The number of fused-ring (bicyclic) bond motifs is 9. The maximum Gasteiger partial charge on any atom is 0.118 e. The molecule has 246 valence electrons. The predicted octanol–water partition coefficient (Wildman–Crippen LogP) is 8.00. The van der Waals surface area contributed by atoms with E-state index >= 15 is 0 Å². The predicted molar refractivity (Wildman–Crippen MR) is 196 cm³/mol. The van der Waals surface area contributed by atoms with Crippen molar-refractivity contribution in [3.63, 3.8) is 0 Å². The number of allylic oxidation sites excluding steroid dienone is 4. The molecular weight excluding hydrogens is 601 g/mol. The molecule has 0 N–H and O–H groups in total. The van der Waals surface area contributed by atoms with E-state index in [0.717, 1.165) is 19.5 Å². The number of para-hydroxylation sites is 3. The van der Waals surface area contributed by atoms with Crippen LogP contribution in [0, 0.1) is 17.3 Å². The molecule has 3 fully saturated rings. The number of hydrogen-bond acceptors (Lipinski definition) is 6. The molecule has 0 radical (unpaired) electrons. The average Bonchev–Trinajstić information content (AvgIpc) is 3.71. The molecule has 9 heterocycles. The van der Waals surface area contributed by atoms with Gasteiger partial charge in [0.25, 0.3) is 0 Å². The Morgan fingerprint density at radius 1 is 0.633 bits per heavy atom. The third-order valence-corrected chi connectivity index (χ3v) is 14.4. The Morgan fingerprint density at radius 2 is 1.31 bits per heavy atom. The molecule has 3 saturated heterocycles. The standard InChI is InChI=1S/C43H44N6/c1-27-24-44-22-19-30-18-21-42-33-17-16-31-10-4-7-13-35(31)47-29(3)26-46-40(47)38(39(44)48(27)36-14-8-5-11-32(33)36)43(42,46)34-12-6-9-15-37(34)49-28(2)25-45(23-20-30)41(42)49/h4-15,17,24-26,30,38-41H,16,18-23H2,1-3H3/b33-17-. The Morgan fingerprint density at radius 3 is 2.18 bits per heavy atom. The van der Waals surface area contributed by atoms with E-state index in [9.17, 15) is 0 Å². The van der Waals surface area contributed by atoms with E-state index in [1.54, 1.807) is 5.57 Å². The molecule has 0 aromatic heterocycles. The summed E-state index contributed by atoms with van der Waals surface area (Å²) in [6.45, 7) is 9.34. The molecule has 3 aromatic rings. The first-order valence-electron chi connectivity index (χ1n) is 18.7. The van der Waals surface area contributed by atoms with E-state index < -0.39 is 0 Å². The molecular formula is C43H44N6. The van der Waals surface area contributed by atoms with Crippen molar-refractivity contribution in [3.05, 3.63) is 131 Å². The lowest BCUT2D eigenvalue weighted by molar-refractivity contribution is -0.209. The van der Waals surface area contributed by atoms with Crippen LogP contribution in [0.15, 0.2) is 115 Å². The topological polar surface area (TPSA) is 19.4 Å². The van der Waals surface area contributed by atoms with E-state index in [1.165, 1.54) is 76.5 Å². The van der Waals surface area contributed by atoms with Crippen molar-refractivity contribution < 1.29 is 0 Å². The van der Waals surface area contributed by atoms with Crippen molar-refractivity contribution >= 4 is 22.6 Å². The highest BCUT2D eigenvalue weighted by Crippen LogP contribution is 2.77. The van der Waals surface area contributed by atoms with Crippen LogP contribution in [-0.2, 0) is 12.0 Å². The molecule has 9 aliphatic rings. The zero-order valence-corrected chi connectivity index (χ0v) is 28.8. The molecule has 12 rings (SSSR count). The molecule has 6 heteroatoms. The Kier molecular flexibility index (Phi) is 4.98. The smallest absolute Gasteiger partial charge is 0.118 e. The summed E-state index contributed by atoms with van der Waals surface area (Å²) in [6.07, 6.45) is 16.9. The maximum atomic E-state index is 2.92. The maximum absolute atomic E-state index is 2.92. The molecule has 9 aliphatic heterocycles. The highest BCUT2D eigenvalue weighted by molar-refractivity contribution is 5.88. The van der Waals surface area contributed by atoms with Crippen LogP contribution in [-0.4, -0.2) is 46.3 Å². The lowest BCUT2D eigenvalue weighted by Crippen LogP contribution is -2.86. The van der Waals surface area contributed by atoms with Crippen molar-refractivity contribution in [2.24, 2.45) is 17.3 Å².